The van der Waals surface area contributed by atoms with E-state index in [0.717, 1.165) is 32.8 Å². The van der Waals surface area contributed by atoms with Crippen LogP contribution in [0.1, 0.15) is 36.8 Å². The summed E-state index contributed by atoms with van der Waals surface area (Å²) in [7, 11) is 2.02. The Labute approximate surface area is 139 Å². The summed E-state index contributed by atoms with van der Waals surface area (Å²) >= 11 is 0. The molecule has 4 heteroatoms. The van der Waals surface area contributed by atoms with Crippen molar-refractivity contribution in [2.75, 3.05) is 43.6 Å². The summed E-state index contributed by atoms with van der Waals surface area (Å²) in [6, 6.07) is 5.38. The molecule has 0 spiro atoms. The van der Waals surface area contributed by atoms with Crippen molar-refractivity contribution in [3.63, 3.8) is 0 Å². The fourth-order valence-electron chi connectivity index (χ4n) is 4.30. The number of ether oxygens (including phenoxy) is 1. The molecular weight excluding hydrogens is 286 g/mol. The Balaban J connectivity index is 1.66. The molecule has 2 aliphatic heterocycles. The maximum atomic E-state index is 5.51. The summed E-state index contributed by atoms with van der Waals surface area (Å²) in [5.74, 6) is 0. The van der Waals surface area contributed by atoms with Crippen LogP contribution >= 0.6 is 0 Å². The molecule has 1 aromatic rings. The summed E-state index contributed by atoms with van der Waals surface area (Å²) in [4.78, 5) is 4.97. The van der Waals surface area contributed by atoms with Gasteiger partial charge in [0.25, 0.3) is 0 Å². The van der Waals surface area contributed by atoms with Crippen molar-refractivity contribution < 1.29 is 4.74 Å². The number of nitrogens with one attached hydrogen (secondary N) is 1. The van der Waals surface area contributed by atoms with Gasteiger partial charge in [0.1, 0.15) is 0 Å². The van der Waals surface area contributed by atoms with Crippen LogP contribution < -0.4 is 10.2 Å². The van der Waals surface area contributed by atoms with Gasteiger partial charge in [-0.1, -0.05) is 19.4 Å². The van der Waals surface area contributed by atoms with Gasteiger partial charge < -0.3 is 19.9 Å². The zero-order valence-electron chi connectivity index (χ0n) is 14.1. The van der Waals surface area contributed by atoms with E-state index in [1.165, 1.54) is 53.9 Å². The minimum Gasteiger partial charge on any atom is -0.386 e. The minimum absolute atomic E-state index is 0.694. The Bertz CT molecular complexity index is 601. The third kappa shape index (κ3) is 2.59. The maximum absolute atomic E-state index is 5.51. The summed E-state index contributed by atoms with van der Waals surface area (Å²) in [6.45, 7) is 9.01. The highest BCUT2D eigenvalue weighted by Gasteiger charge is 2.31. The number of rotatable bonds is 3. The van der Waals surface area contributed by atoms with Crippen LogP contribution in [0.5, 0.6) is 0 Å². The van der Waals surface area contributed by atoms with Gasteiger partial charge in [-0.2, -0.15) is 0 Å². The molecule has 0 aromatic heterocycles. The number of morpholine rings is 1. The van der Waals surface area contributed by atoms with E-state index in [4.69, 9.17) is 4.74 Å². The van der Waals surface area contributed by atoms with Gasteiger partial charge in [0.15, 0.2) is 0 Å². The van der Waals surface area contributed by atoms with Crippen LogP contribution in [0.25, 0.3) is 5.70 Å². The highest BCUT2D eigenvalue weighted by Crippen LogP contribution is 2.42. The second-order valence-electron chi connectivity index (χ2n) is 6.89. The minimum atomic E-state index is 0.694. The molecule has 1 N–H and O–H groups in total. The van der Waals surface area contributed by atoms with Crippen LogP contribution in [-0.4, -0.2) is 44.3 Å². The van der Waals surface area contributed by atoms with Crippen LogP contribution in [0.2, 0.25) is 0 Å². The quantitative estimate of drug-likeness (QED) is 0.927. The van der Waals surface area contributed by atoms with E-state index < -0.39 is 0 Å². The molecule has 1 aromatic carbocycles. The maximum Gasteiger partial charge on any atom is 0.0642 e. The van der Waals surface area contributed by atoms with Crippen molar-refractivity contribution >= 4 is 17.1 Å². The summed E-state index contributed by atoms with van der Waals surface area (Å²) in [6.07, 6.45) is 5.38. The predicted octanol–water partition coefficient (Wildman–Crippen LogP) is 3.29. The van der Waals surface area contributed by atoms with Crippen molar-refractivity contribution in [3.8, 4) is 0 Å². The number of hydrogen-bond donors (Lipinski definition) is 1. The lowest BCUT2D eigenvalue weighted by Gasteiger charge is -2.31. The van der Waals surface area contributed by atoms with E-state index in [1.54, 1.807) is 0 Å². The van der Waals surface area contributed by atoms with Crippen molar-refractivity contribution in [1.82, 2.24) is 4.90 Å². The van der Waals surface area contributed by atoms with Crippen molar-refractivity contribution in [3.05, 3.63) is 29.8 Å². The van der Waals surface area contributed by atoms with E-state index >= 15 is 0 Å². The summed E-state index contributed by atoms with van der Waals surface area (Å²) in [5.41, 5.74) is 6.51. The van der Waals surface area contributed by atoms with Crippen LogP contribution in [0.15, 0.2) is 18.7 Å². The molecule has 0 unspecified atom stereocenters. The summed E-state index contributed by atoms with van der Waals surface area (Å²) < 4.78 is 5.51. The van der Waals surface area contributed by atoms with Gasteiger partial charge in [0, 0.05) is 44.0 Å². The van der Waals surface area contributed by atoms with Gasteiger partial charge >= 0.3 is 0 Å². The van der Waals surface area contributed by atoms with E-state index in [0.29, 0.717) is 6.04 Å². The zero-order valence-corrected chi connectivity index (χ0v) is 14.1. The van der Waals surface area contributed by atoms with Gasteiger partial charge in [-0.3, -0.25) is 0 Å². The lowest BCUT2D eigenvalue weighted by atomic mass is 10.1. The van der Waals surface area contributed by atoms with Crippen molar-refractivity contribution in [1.29, 1.82) is 0 Å². The van der Waals surface area contributed by atoms with Crippen LogP contribution in [0.3, 0.4) is 0 Å². The zero-order chi connectivity index (χ0) is 15.8. The molecule has 1 saturated carbocycles. The number of nitrogens with zero attached hydrogens (tertiary/aromatic N) is 2. The number of benzene rings is 1. The van der Waals surface area contributed by atoms with Gasteiger partial charge in [0.2, 0.25) is 0 Å². The SMILES string of the molecule is C=C1c2cc(N3CCOCC3)c(NC)cc2CN1C1CCCC1. The molecule has 0 atom stereocenters. The fourth-order valence-corrected chi connectivity index (χ4v) is 4.30. The monoisotopic (exact) mass is 313 g/mol. The first kappa shape index (κ1) is 14.9. The molecule has 0 amide bonds. The van der Waals surface area contributed by atoms with Gasteiger partial charge in [-0.15, -0.1) is 0 Å². The van der Waals surface area contributed by atoms with E-state index in [-0.39, 0.29) is 0 Å². The average Bonchev–Trinajstić information content (AvgIpc) is 3.23. The van der Waals surface area contributed by atoms with Gasteiger partial charge in [-0.05, 0) is 30.5 Å². The Morgan fingerprint density at radius 1 is 1.17 bits per heavy atom. The molecule has 2 heterocycles. The highest BCUT2D eigenvalue weighted by atomic mass is 16.5. The van der Waals surface area contributed by atoms with Gasteiger partial charge in [-0.25, -0.2) is 0 Å². The van der Waals surface area contributed by atoms with Crippen LogP contribution in [0.4, 0.5) is 11.4 Å². The molecule has 0 radical (unpaired) electrons. The van der Waals surface area contributed by atoms with Crippen molar-refractivity contribution in [2.24, 2.45) is 0 Å². The van der Waals surface area contributed by atoms with E-state index in [9.17, 15) is 0 Å². The first-order valence-corrected chi connectivity index (χ1v) is 8.91. The third-order valence-electron chi connectivity index (χ3n) is 5.61. The lowest BCUT2D eigenvalue weighted by molar-refractivity contribution is 0.123. The molecule has 1 aliphatic carbocycles. The predicted molar refractivity (Wildman–Crippen MR) is 95.9 cm³/mol. The summed E-state index contributed by atoms with van der Waals surface area (Å²) in [5, 5.41) is 3.39. The second kappa shape index (κ2) is 6.08. The van der Waals surface area contributed by atoms with Crippen LogP contribution in [0, 0.1) is 0 Å². The molecule has 0 bridgehead atoms. The molecule has 1 saturated heterocycles. The van der Waals surface area contributed by atoms with Crippen molar-refractivity contribution in [2.45, 2.75) is 38.3 Å². The largest absolute Gasteiger partial charge is 0.386 e. The first-order chi connectivity index (χ1) is 11.3. The Morgan fingerprint density at radius 2 is 1.91 bits per heavy atom. The molecule has 4 nitrogen and oxygen atoms in total. The van der Waals surface area contributed by atoms with E-state index in [2.05, 4.69) is 33.8 Å². The van der Waals surface area contributed by atoms with Gasteiger partial charge in [0.05, 0.1) is 24.6 Å². The molecule has 2 fully saturated rings. The lowest BCUT2D eigenvalue weighted by Crippen LogP contribution is -2.36. The molecule has 23 heavy (non-hydrogen) atoms. The number of anilines is 2. The Kier molecular flexibility index (Phi) is 3.93. The van der Waals surface area contributed by atoms with E-state index in [1.807, 2.05) is 7.05 Å². The first-order valence-electron chi connectivity index (χ1n) is 8.91. The molecule has 3 aliphatic rings. The average molecular weight is 313 g/mol. The standard InChI is InChI=1S/C19H27N3O/c1-14-17-12-19(21-7-9-23-10-8-21)18(20-2)11-15(17)13-22(14)16-5-3-4-6-16/h11-12,16,20H,1,3-10,13H2,2H3. The number of hydrogen-bond acceptors (Lipinski definition) is 4. The topological polar surface area (TPSA) is 27.7 Å². The second-order valence-corrected chi connectivity index (χ2v) is 6.89. The number of fused-ring (bicyclic) bond motifs is 1. The third-order valence-corrected chi connectivity index (χ3v) is 5.61. The Hall–Kier alpha value is -1.68. The normalized spacial score (nSPS) is 21.9. The highest BCUT2D eigenvalue weighted by molar-refractivity contribution is 5.80. The Morgan fingerprint density at radius 3 is 2.61 bits per heavy atom. The van der Waals surface area contributed by atoms with Crippen LogP contribution in [-0.2, 0) is 11.3 Å². The smallest absolute Gasteiger partial charge is 0.0642 e. The molecule has 4 rings (SSSR count). The molecule has 124 valence electrons. The molecular formula is C19H27N3O. The fraction of sp³-hybridized carbons (Fsp3) is 0.579.